The van der Waals surface area contributed by atoms with Crippen molar-refractivity contribution >= 4 is 11.8 Å². The molecule has 0 aliphatic rings. The van der Waals surface area contributed by atoms with Gasteiger partial charge in [-0.25, -0.2) is 4.98 Å². The van der Waals surface area contributed by atoms with E-state index in [1.165, 1.54) is 10.5 Å². The lowest BCUT2D eigenvalue weighted by atomic mass is 10.2. The van der Waals surface area contributed by atoms with Gasteiger partial charge in [-0.1, -0.05) is 35.9 Å². The minimum Gasteiger partial charge on any atom is -0.441 e. The molecule has 0 aliphatic heterocycles. The fourth-order valence-electron chi connectivity index (χ4n) is 2.05. The number of thioether (sulfide) groups is 1. The Morgan fingerprint density at radius 2 is 1.67 bits per heavy atom. The number of benzene rings is 2. The zero-order valence-electron chi connectivity index (χ0n) is 12.2. The highest BCUT2D eigenvalue weighted by Gasteiger charge is 2.11. The van der Waals surface area contributed by atoms with E-state index in [1.807, 2.05) is 37.3 Å². The van der Waals surface area contributed by atoms with Crippen molar-refractivity contribution in [1.29, 1.82) is 0 Å². The Morgan fingerprint density at radius 3 is 2.38 bits per heavy atom. The molecular weight excluding hydrogens is 278 g/mol. The van der Waals surface area contributed by atoms with Crippen molar-refractivity contribution < 1.29 is 4.42 Å². The summed E-state index contributed by atoms with van der Waals surface area (Å²) < 4.78 is 5.78. The van der Waals surface area contributed by atoms with Gasteiger partial charge in [0.15, 0.2) is 0 Å². The second-order valence-electron chi connectivity index (χ2n) is 4.99. The first-order valence-electron chi connectivity index (χ1n) is 6.93. The topological polar surface area (TPSA) is 26.0 Å². The monoisotopic (exact) mass is 295 g/mol. The first-order valence-corrected chi connectivity index (χ1v) is 7.92. The van der Waals surface area contributed by atoms with Crippen LogP contribution in [0, 0.1) is 13.8 Å². The Kier molecular flexibility index (Phi) is 4.11. The molecule has 0 spiro atoms. The van der Waals surface area contributed by atoms with Gasteiger partial charge >= 0.3 is 0 Å². The maximum atomic E-state index is 5.78. The summed E-state index contributed by atoms with van der Waals surface area (Å²) in [6.07, 6.45) is 0. The van der Waals surface area contributed by atoms with Gasteiger partial charge in [-0.2, -0.15) is 0 Å². The predicted molar refractivity (Wildman–Crippen MR) is 87.4 cm³/mol. The van der Waals surface area contributed by atoms with Crippen LogP contribution >= 0.6 is 11.8 Å². The molecule has 2 nitrogen and oxygen atoms in total. The molecule has 3 rings (SSSR count). The third-order valence-corrected chi connectivity index (χ3v) is 4.33. The van der Waals surface area contributed by atoms with E-state index in [1.54, 1.807) is 11.8 Å². The molecular formula is C18H17NOS. The molecule has 0 amide bonds. The highest BCUT2D eigenvalue weighted by molar-refractivity contribution is 7.98. The van der Waals surface area contributed by atoms with Gasteiger partial charge in [-0.15, -0.1) is 11.8 Å². The molecule has 0 fully saturated rings. The highest BCUT2D eigenvalue weighted by atomic mass is 32.2. The van der Waals surface area contributed by atoms with Gasteiger partial charge in [0.05, 0.1) is 5.69 Å². The third-order valence-electron chi connectivity index (χ3n) is 3.31. The maximum Gasteiger partial charge on any atom is 0.226 e. The van der Waals surface area contributed by atoms with Gasteiger partial charge in [0, 0.05) is 16.2 Å². The summed E-state index contributed by atoms with van der Waals surface area (Å²) >= 11 is 1.78. The van der Waals surface area contributed by atoms with Crippen LogP contribution in [0.1, 0.15) is 17.0 Å². The van der Waals surface area contributed by atoms with Gasteiger partial charge < -0.3 is 4.42 Å². The second-order valence-corrected chi connectivity index (χ2v) is 6.04. The average Bonchev–Trinajstić information content (AvgIpc) is 2.89. The molecule has 0 aliphatic carbocycles. The van der Waals surface area contributed by atoms with Crippen molar-refractivity contribution in [3.63, 3.8) is 0 Å². The molecule has 2 aromatic carbocycles. The van der Waals surface area contributed by atoms with Crippen molar-refractivity contribution in [3.05, 3.63) is 71.6 Å². The molecule has 3 aromatic rings. The highest BCUT2D eigenvalue weighted by Crippen LogP contribution is 2.27. The fraction of sp³-hybridized carbons (Fsp3) is 0.167. The van der Waals surface area contributed by atoms with Crippen molar-refractivity contribution in [2.45, 2.75) is 24.5 Å². The van der Waals surface area contributed by atoms with E-state index in [0.717, 1.165) is 22.8 Å². The Hall–Kier alpha value is -2.00. The quantitative estimate of drug-likeness (QED) is 0.615. The molecule has 1 aromatic heterocycles. The molecule has 0 saturated carbocycles. The summed E-state index contributed by atoms with van der Waals surface area (Å²) in [4.78, 5) is 5.88. The second kappa shape index (κ2) is 6.19. The average molecular weight is 295 g/mol. The number of hydrogen-bond donors (Lipinski definition) is 0. The Balaban J connectivity index is 1.74. The molecule has 0 N–H and O–H groups in total. The van der Waals surface area contributed by atoms with Gasteiger partial charge in [0.25, 0.3) is 0 Å². The zero-order chi connectivity index (χ0) is 14.7. The summed E-state index contributed by atoms with van der Waals surface area (Å²) in [6, 6.07) is 18.6. The predicted octanol–water partition coefficient (Wildman–Crippen LogP) is 5.25. The Labute approximate surface area is 129 Å². The summed E-state index contributed by atoms with van der Waals surface area (Å²) in [6.45, 7) is 4.08. The molecule has 0 unspecified atom stereocenters. The molecule has 0 saturated heterocycles. The van der Waals surface area contributed by atoms with E-state index in [4.69, 9.17) is 4.42 Å². The molecule has 1 heterocycles. The summed E-state index contributed by atoms with van der Waals surface area (Å²) in [7, 11) is 0. The first-order chi connectivity index (χ1) is 10.2. The molecule has 21 heavy (non-hydrogen) atoms. The maximum absolute atomic E-state index is 5.78. The van der Waals surface area contributed by atoms with Crippen LogP contribution in [0.2, 0.25) is 0 Å². The van der Waals surface area contributed by atoms with Crippen LogP contribution in [0.4, 0.5) is 0 Å². The lowest BCUT2D eigenvalue weighted by Gasteiger charge is -2.00. The number of rotatable bonds is 4. The SMILES string of the molecule is Cc1ccc(SCc2nc(-c3ccccc3)oc2C)cc1. The molecule has 0 radical (unpaired) electrons. The van der Waals surface area contributed by atoms with E-state index in [0.29, 0.717) is 5.89 Å². The lowest BCUT2D eigenvalue weighted by Crippen LogP contribution is -1.84. The standard InChI is InChI=1S/C18H17NOS/c1-13-8-10-16(11-9-13)21-12-17-14(2)20-18(19-17)15-6-4-3-5-7-15/h3-11H,12H2,1-2H3. The van der Waals surface area contributed by atoms with E-state index >= 15 is 0 Å². The van der Waals surface area contributed by atoms with Crippen LogP contribution < -0.4 is 0 Å². The number of nitrogens with zero attached hydrogens (tertiary/aromatic N) is 1. The molecule has 3 heteroatoms. The Morgan fingerprint density at radius 1 is 0.952 bits per heavy atom. The largest absolute Gasteiger partial charge is 0.441 e. The van der Waals surface area contributed by atoms with Gasteiger partial charge in [-0.3, -0.25) is 0 Å². The lowest BCUT2D eigenvalue weighted by molar-refractivity contribution is 0.540. The first kappa shape index (κ1) is 14.0. The minimum atomic E-state index is 0.701. The summed E-state index contributed by atoms with van der Waals surface area (Å²) in [5.74, 6) is 2.42. The van der Waals surface area contributed by atoms with Crippen LogP contribution in [0.3, 0.4) is 0 Å². The summed E-state index contributed by atoms with van der Waals surface area (Å²) in [5, 5.41) is 0. The Bertz CT molecular complexity index is 717. The van der Waals surface area contributed by atoms with Crippen LogP contribution in [0.25, 0.3) is 11.5 Å². The zero-order valence-corrected chi connectivity index (χ0v) is 13.0. The van der Waals surface area contributed by atoms with Crippen LogP contribution in [0.5, 0.6) is 0 Å². The van der Waals surface area contributed by atoms with E-state index in [9.17, 15) is 0 Å². The molecule has 0 atom stereocenters. The normalized spacial score (nSPS) is 10.8. The molecule has 106 valence electrons. The van der Waals surface area contributed by atoms with E-state index in [2.05, 4.69) is 36.2 Å². The minimum absolute atomic E-state index is 0.701. The van der Waals surface area contributed by atoms with Gasteiger partial charge in [-0.05, 0) is 38.1 Å². The number of hydrogen-bond acceptors (Lipinski definition) is 3. The molecule has 0 bridgehead atoms. The van der Waals surface area contributed by atoms with Crippen molar-refractivity contribution in [2.24, 2.45) is 0 Å². The number of aryl methyl sites for hydroxylation is 2. The van der Waals surface area contributed by atoms with Gasteiger partial charge in [0.1, 0.15) is 5.76 Å². The van der Waals surface area contributed by atoms with E-state index in [-0.39, 0.29) is 0 Å². The van der Waals surface area contributed by atoms with Crippen molar-refractivity contribution in [1.82, 2.24) is 4.98 Å². The smallest absolute Gasteiger partial charge is 0.226 e. The van der Waals surface area contributed by atoms with Crippen molar-refractivity contribution in [2.75, 3.05) is 0 Å². The van der Waals surface area contributed by atoms with E-state index < -0.39 is 0 Å². The van der Waals surface area contributed by atoms with Crippen LogP contribution in [-0.4, -0.2) is 4.98 Å². The van der Waals surface area contributed by atoms with Crippen LogP contribution in [-0.2, 0) is 5.75 Å². The summed E-state index contributed by atoms with van der Waals surface area (Å²) in [5.41, 5.74) is 3.31. The van der Waals surface area contributed by atoms with Crippen LogP contribution in [0.15, 0.2) is 63.9 Å². The van der Waals surface area contributed by atoms with Gasteiger partial charge in [0.2, 0.25) is 5.89 Å². The number of oxazole rings is 1. The number of aromatic nitrogens is 1. The third kappa shape index (κ3) is 3.37. The van der Waals surface area contributed by atoms with Crippen molar-refractivity contribution in [3.8, 4) is 11.5 Å². The fourth-order valence-corrected chi connectivity index (χ4v) is 2.95.